The average molecular weight is 495 g/mol. The lowest BCUT2D eigenvalue weighted by Crippen LogP contribution is -2.20. The number of ether oxygens (including phenoxy) is 1. The minimum atomic E-state index is -0.396. The fourth-order valence-electron chi connectivity index (χ4n) is 3.32. The van der Waals surface area contributed by atoms with E-state index in [0.29, 0.717) is 34.5 Å². The van der Waals surface area contributed by atoms with E-state index in [2.05, 4.69) is 15.7 Å². The summed E-state index contributed by atoms with van der Waals surface area (Å²) in [6.45, 7) is 2.57. The number of benzene rings is 2. The second-order valence-corrected chi connectivity index (χ2v) is 8.99. The highest BCUT2D eigenvalue weighted by Crippen LogP contribution is 2.31. The zero-order chi connectivity index (χ0) is 23.9. The molecule has 0 atom stereocenters. The van der Waals surface area contributed by atoms with E-state index < -0.39 is 5.97 Å². The number of esters is 1. The van der Waals surface area contributed by atoms with Gasteiger partial charge in [-0.1, -0.05) is 42.5 Å². The number of nitrogens with zero attached hydrogens (tertiary/aromatic N) is 2. The number of carbonyl (C=O) groups excluding carboxylic acids is 1. The average Bonchev–Trinajstić information content (AvgIpc) is 3.42. The number of rotatable bonds is 8. The molecular formula is C25H23FN4O2S2. The van der Waals surface area contributed by atoms with E-state index in [0.717, 1.165) is 16.0 Å². The van der Waals surface area contributed by atoms with E-state index >= 15 is 0 Å². The van der Waals surface area contributed by atoms with Crippen molar-refractivity contribution < 1.29 is 13.9 Å². The first-order valence-corrected chi connectivity index (χ1v) is 11.9. The highest BCUT2D eigenvalue weighted by Gasteiger charge is 2.19. The molecule has 4 rings (SSSR count). The Bertz CT molecular complexity index is 1270. The van der Waals surface area contributed by atoms with Gasteiger partial charge in [0.15, 0.2) is 10.9 Å². The quantitative estimate of drug-likeness (QED) is 0.242. The first kappa shape index (κ1) is 23.6. The number of aromatic nitrogens is 2. The van der Waals surface area contributed by atoms with Crippen LogP contribution in [0.15, 0.2) is 72.9 Å². The molecule has 0 aliphatic heterocycles. The maximum atomic E-state index is 13.1. The molecule has 6 nitrogen and oxygen atoms in total. The predicted octanol–water partition coefficient (Wildman–Crippen LogP) is 5.71. The predicted molar refractivity (Wildman–Crippen MR) is 137 cm³/mol. The molecule has 9 heteroatoms. The highest BCUT2D eigenvalue weighted by molar-refractivity contribution is 7.80. The Labute approximate surface area is 206 Å². The lowest BCUT2D eigenvalue weighted by atomic mass is 10.1. The molecule has 34 heavy (non-hydrogen) atoms. The minimum Gasteiger partial charge on any atom is -0.462 e. The van der Waals surface area contributed by atoms with Gasteiger partial charge in [0.2, 0.25) is 0 Å². The molecule has 0 aliphatic carbocycles. The molecule has 2 N–H and O–H groups in total. The number of hydrogen-bond acceptors (Lipinski definition) is 5. The molecule has 2 aromatic heterocycles. The molecule has 0 spiro atoms. The van der Waals surface area contributed by atoms with Crippen LogP contribution in [0.5, 0.6) is 0 Å². The number of halogens is 1. The smallest absolute Gasteiger partial charge is 0.341 e. The molecule has 2 heterocycles. The second-order valence-electron chi connectivity index (χ2n) is 7.44. The molecule has 0 saturated carbocycles. The monoisotopic (exact) mass is 494 g/mol. The van der Waals surface area contributed by atoms with Crippen molar-refractivity contribution in [2.24, 2.45) is 0 Å². The topological polar surface area (TPSA) is 68.2 Å². The number of thiocarbonyl (C=S) groups is 1. The molecule has 0 amide bonds. The molecule has 0 bridgehead atoms. The van der Waals surface area contributed by atoms with Gasteiger partial charge in [0.1, 0.15) is 10.8 Å². The zero-order valence-electron chi connectivity index (χ0n) is 18.5. The van der Waals surface area contributed by atoms with Gasteiger partial charge in [-0.2, -0.15) is 5.10 Å². The van der Waals surface area contributed by atoms with E-state index in [4.69, 9.17) is 17.0 Å². The molecular weight excluding hydrogens is 471 g/mol. The van der Waals surface area contributed by atoms with Crippen LogP contribution in [0.25, 0.3) is 0 Å². The number of anilines is 2. The normalized spacial score (nSPS) is 10.6. The molecule has 0 aliphatic rings. The summed E-state index contributed by atoms with van der Waals surface area (Å²) >= 11 is 6.92. The van der Waals surface area contributed by atoms with Crippen molar-refractivity contribution in [3.63, 3.8) is 0 Å². The van der Waals surface area contributed by atoms with Gasteiger partial charge in [-0.3, -0.25) is 4.68 Å². The van der Waals surface area contributed by atoms with Crippen molar-refractivity contribution in [1.29, 1.82) is 0 Å². The molecule has 0 unspecified atom stereocenters. The van der Waals surface area contributed by atoms with Crippen LogP contribution in [-0.2, 0) is 17.7 Å². The summed E-state index contributed by atoms with van der Waals surface area (Å²) in [6.07, 6.45) is 2.51. The second kappa shape index (κ2) is 11.0. The Morgan fingerprint density at radius 2 is 1.85 bits per heavy atom. The minimum absolute atomic E-state index is 0.273. The largest absolute Gasteiger partial charge is 0.462 e. The number of thiophene rings is 1. The van der Waals surface area contributed by atoms with Gasteiger partial charge in [-0.05, 0) is 48.5 Å². The summed E-state index contributed by atoms with van der Waals surface area (Å²) in [5.41, 5.74) is 2.53. The SMILES string of the molecule is CCOC(=O)c1cc(Cc2ccccc2)sc1NC(=S)Nc1ccn(Cc2ccc(F)cc2)n1. The fraction of sp³-hybridized carbons (Fsp3) is 0.160. The maximum Gasteiger partial charge on any atom is 0.341 e. The van der Waals surface area contributed by atoms with Gasteiger partial charge in [-0.15, -0.1) is 11.3 Å². The molecule has 2 aromatic carbocycles. The van der Waals surface area contributed by atoms with Crippen LogP contribution in [0, 0.1) is 5.82 Å². The first-order chi connectivity index (χ1) is 16.5. The summed E-state index contributed by atoms with van der Waals surface area (Å²) < 4.78 is 20.1. The van der Waals surface area contributed by atoms with Gasteiger partial charge in [0, 0.05) is 23.6 Å². The van der Waals surface area contributed by atoms with Gasteiger partial charge in [-0.25, -0.2) is 9.18 Å². The van der Waals surface area contributed by atoms with E-state index in [1.54, 1.807) is 36.0 Å². The third kappa shape index (κ3) is 6.27. The van der Waals surface area contributed by atoms with E-state index in [9.17, 15) is 9.18 Å². The van der Waals surface area contributed by atoms with Crippen LogP contribution < -0.4 is 10.6 Å². The van der Waals surface area contributed by atoms with Crippen LogP contribution in [0.2, 0.25) is 0 Å². The standard InChI is InChI=1S/C25H23FN4O2S2/c1-2-32-24(31)21-15-20(14-17-6-4-3-5-7-17)34-23(21)28-25(33)27-22-12-13-30(29-22)16-18-8-10-19(26)11-9-18/h3-13,15H,2,14,16H2,1H3,(H2,27,28,29,33). The number of nitrogens with one attached hydrogen (secondary N) is 2. The van der Waals surface area contributed by atoms with Gasteiger partial charge in [0.25, 0.3) is 0 Å². The van der Waals surface area contributed by atoms with Crippen molar-refractivity contribution >= 4 is 45.5 Å². The zero-order valence-corrected chi connectivity index (χ0v) is 20.1. The van der Waals surface area contributed by atoms with Crippen LogP contribution in [-0.4, -0.2) is 27.5 Å². The van der Waals surface area contributed by atoms with Crippen LogP contribution in [0.4, 0.5) is 15.2 Å². The summed E-state index contributed by atoms with van der Waals surface area (Å²) in [4.78, 5) is 13.5. The summed E-state index contributed by atoms with van der Waals surface area (Å²) in [7, 11) is 0. The van der Waals surface area contributed by atoms with Crippen LogP contribution in [0.1, 0.15) is 33.3 Å². The number of carbonyl (C=O) groups is 1. The number of hydrogen-bond donors (Lipinski definition) is 2. The van der Waals surface area contributed by atoms with Gasteiger partial charge >= 0.3 is 5.97 Å². The molecule has 0 saturated heterocycles. The first-order valence-electron chi connectivity index (χ1n) is 10.7. The molecule has 4 aromatic rings. The van der Waals surface area contributed by atoms with Crippen molar-refractivity contribution in [1.82, 2.24) is 9.78 Å². The molecule has 0 fully saturated rings. The Hall–Kier alpha value is -3.56. The summed E-state index contributed by atoms with van der Waals surface area (Å²) in [5, 5.41) is 11.5. The Balaban J connectivity index is 1.43. The molecule has 0 radical (unpaired) electrons. The Morgan fingerprint density at radius 1 is 1.09 bits per heavy atom. The van der Waals surface area contributed by atoms with E-state index in [-0.39, 0.29) is 12.4 Å². The Morgan fingerprint density at radius 3 is 2.59 bits per heavy atom. The highest BCUT2D eigenvalue weighted by atomic mass is 32.1. The van der Waals surface area contributed by atoms with Crippen molar-refractivity contribution in [2.75, 3.05) is 17.2 Å². The maximum absolute atomic E-state index is 13.1. The third-order valence-corrected chi connectivity index (χ3v) is 6.12. The lowest BCUT2D eigenvalue weighted by molar-refractivity contribution is 0.0528. The van der Waals surface area contributed by atoms with Crippen LogP contribution >= 0.6 is 23.6 Å². The Kier molecular flexibility index (Phi) is 7.66. The van der Waals surface area contributed by atoms with Crippen molar-refractivity contribution in [3.8, 4) is 0 Å². The van der Waals surface area contributed by atoms with Crippen molar-refractivity contribution in [3.05, 3.63) is 100 Å². The van der Waals surface area contributed by atoms with Crippen molar-refractivity contribution in [2.45, 2.75) is 19.9 Å². The van der Waals surface area contributed by atoms with E-state index in [1.807, 2.05) is 36.4 Å². The third-order valence-electron chi connectivity index (χ3n) is 4.87. The van der Waals surface area contributed by atoms with Crippen LogP contribution in [0.3, 0.4) is 0 Å². The van der Waals surface area contributed by atoms with Gasteiger partial charge in [0.05, 0.1) is 18.7 Å². The molecule has 174 valence electrons. The summed E-state index contributed by atoms with van der Waals surface area (Å²) in [5.74, 6) is -0.115. The summed E-state index contributed by atoms with van der Waals surface area (Å²) in [6, 6.07) is 20.0. The van der Waals surface area contributed by atoms with Gasteiger partial charge < -0.3 is 15.4 Å². The van der Waals surface area contributed by atoms with E-state index in [1.165, 1.54) is 23.5 Å². The lowest BCUT2D eigenvalue weighted by Gasteiger charge is -2.09. The fourth-order valence-corrected chi connectivity index (χ4v) is 4.68.